The molecule has 1 fully saturated rings. The smallest absolute Gasteiger partial charge is 0.410 e. The zero-order valence-corrected chi connectivity index (χ0v) is 13.4. The van der Waals surface area contributed by atoms with Crippen LogP contribution in [0.15, 0.2) is 30.3 Å². The molecule has 1 saturated heterocycles. The highest BCUT2D eigenvalue weighted by atomic mass is 32.2. The Labute approximate surface area is 130 Å². The number of carbonyl (C=O) groups excluding carboxylic acids is 1. The number of carbonyl (C=O) groups is 1. The Balaban J connectivity index is 1.75. The molecule has 1 aliphatic rings. The zero-order valence-electron chi connectivity index (χ0n) is 12.6. The molecule has 5 heteroatoms. The van der Waals surface area contributed by atoms with E-state index < -0.39 is 11.7 Å². The van der Waals surface area contributed by atoms with Crippen LogP contribution in [0, 0.1) is 0 Å². The highest BCUT2D eigenvalue weighted by Gasteiger charge is 2.30. The van der Waals surface area contributed by atoms with Crippen LogP contribution in [0.2, 0.25) is 0 Å². The Morgan fingerprint density at radius 3 is 2.76 bits per heavy atom. The van der Waals surface area contributed by atoms with Crippen LogP contribution in [-0.2, 0) is 10.5 Å². The molecule has 1 unspecified atom stereocenters. The Kier molecular flexibility index (Phi) is 5.53. The number of aliphatic hydroxyl groups is 1. The van der Waals surface area contributed by atoms with Gasteiger partial charge in [0.2, 0.25) is 0 Å². The summed E-state index contributed by atoms with van der Waals surface area (Å²) >= 11 is 1.75. The molecule has 1 N–H and O–H groups in total. The fraction of sp³-hybridized carbons (Fsp3) is 0.562. The number of thioether (sulfide) groups is 1. The second kappa shape index (κ2) is 7.18. The van der Waals surface area contributed by atoms with Gasteiger partial charge in [-0.15, -0.1) is 0 Å². The van der Waals surface area contributed by atoms with E-state index in [0.717, 1.165) is 11.5 Å². The Bertz CT molecular complexity index is 464. The summed E-state index contributed by atoms with van der Waals surface area (Å²) in [6.45, 7) is 4.81. The maximum Gasteiger partial charge on any atom is 0.410 e. The number of β-amino-alcohol motifs (C(OH)–C–C–N with tert-alkyl or cyclic N) is 1. The number of amides is 1. The molecule has 0 spiro atoms. The lowest BCUT2D eigenvalue weighted by molar-refractivity contribution is 0.0298. The molecule has 116 valence electrons. The van der Waals surface area contributed by atoms with Gasteiger partial charge in [-0.3, -0.25) is 0 Å². The maximum absolute atomic E-state index is 12.0. The molecule has 1 heterocycles. The minimum atomic E-state index is -0.510. The lowest BCUT2D eigenvalue weighted by Crippen LogP contribution is -2.38. The maximum atomic E-state index is 12.0. The summed E-state index contributed by atoms with van der Waals surface area (Å²) in [6.07, 6.45) is -0.0943. The third-order valence-electron chi connectivity index (χ3n) is 3.35. The molecule has 0 saturated carbocycles. The number of aliphatic hydroxyl groups excluding tert-OH is 1. The molecule has 1 aromatic carbocycles. The molecule has 1 aliphatic heterocycles. The van der Waals surface area contributed by atoms with Crippen LogP contribution in [0.3, 0.4) is 0 Å². The Morgan fingerprint density at radius 1 is 1.43 bits per heavy atom. The third kappa shape index (κ3) is 5.25. The van der Waals surface area contributed by atoms with Crippen LogP contribution < -0.4 is 0 Å². The van der Waals surface area contributed by atoms with Crippen molar-refractivity contribution in [2.45, 2.75) is 37.7 Å². The summed E-state index contributed by atoms with van der Waals surface area (Å²) in [5, 5.41) is 9.46. The van der Waals surface area contributed by atoms with Gasteiger partial charge in [0, 0.05) is 24.6 Å². The van der Waals surface area contributed by atoms with Crippen LogP contribution in [0.25, 0.3) is 0 Å². The zero-order chi connectivity index (χ0) is 15.3. The monoisotopic (exact) mass is 309 g/mol. The van der Waals surface area contributed by atoms with E-state index in [-0.39, 0.29) is 6.09 Å². The lowest BCUT2D eigenvalue weighted by Gasteiger charge is -2.27. The Hall–Kier alpha value is -1.20. The van der Waals surface area contributed by atoms with Crippen molar-refractivity contribution in [3.05, 3.63) is 35.9 Å². The van der Waals surface area contributed by atoms with Crippen molar-refractivity contribution in [3.8, 4) is 0 Å². The Morgan fingerprint density at radius 2 is 2.14 bits per heavy atom. The molecule has 2 rings (SSSR count). The molecule has 1 amide bonds. The van der Waals surface area contributed by atoms with Gasteiger partial charge in [0.05, 0.1) is 6.10 Å². The number of hydrogen-bond donors (Lipinski definition) is 1. The van der Waals surface area contributed by atoms with E-state index in [1.165, 1.54) is 5.56 Å². The van der Waals surface area contributed by atoms with Crippen molar-refractivity contribution < 1.29 is 14.6 Å². The van der Waals surface area contributed by atoms with E-state index in [1.54, 1.807) is 16.7 Å². The molecule has 21 heavy (non-hydrogen) atoms. The summed E-state index contributed by atoms with van der Waals surface area (Å²) in [6, 6.07) is 10.2. The minimum absolute atomic E-state index is 0.322. The number of rotatable bonds is 5. The van der Waals surface area contributed by atoms with E-state index in [2.05, 4.69) is 12.1 Å². The second-order valence-corrected chi connectivity index (χ2v) is 6.98. The van der Waals surface area contributed by atoms with Crippen LogP contribution in [0.5, 0.6) is 0 Å². The predicted molar refractivity (Wildman–Crippen MR) is 85.4 cm³/mol. The standard InChI is InChI=1S/C16H23NO3S/c1-16(2,12-21-11-13-6-4-3-5-7-13)20-15(19)17-9-8-14(18)10-17/h3-7,14,18H,8-12H2,1-2H3. The van der Waals surface area contributed by atoms with E-state index in [1.807, 2.05) is 32.0 Å². The average Bonchev–Trinajstić information content (AvgIpc) is 2.86. The van der Waals surface area contributed by atoms with E-state index in [4.69, 9.17) is 4.74 Å². The van der Waals surface area contributed by atoms with Gasteiger partial charge in [-0.1, -0.05) is 30.3 Å². The predicted octanol–water partition coefficient (Wildman–Crippen LogP) is 2.90. The summed E-state index contributed by atoms with van der Waals surface area (Å²) in [5.74, 6) is 1.65. The number of nitrogens with zero attached hydrogens (tertiary/aromatic N) is 1. The molecule has 4 nitrogen and oxygen atoms in total. The van der Waals surface area contributed by atoms with E-state index in [0.29, 0.717) is 19.5 Å². The molecule has 0 bridgehead atoms. The molecule has 0 radical (unpaired) electrons. The summed E-state index contributed by atoms with van der Waals surface area (Å²) in [5.41, 5.74) is 0.761. The molecule has 1 aromatic rings. The van der Waals surface area contributed by atoms with Crippen molar-refractivity contribution in [1.29, 1.82) is 0 Å². The van der Waals surface area contributed by atoms with Crippen molar-refractivity contribution in [1.82, 2.24) is 4.90 Å². The van der Waals surface area contributed by atoms with Crippen molar-refractivity contribution in [2.24, 2.45) is 0 Å². The first-order valence-corrected chi connectivity index (χ1v) is 8.39. The fourth-order valence-electron chi connectivity index (χ4n) is 2.23. The molecular weight excluding hydrogens is 286 g/mol. The van der Waals surface area contributed by atoms with Crippen molar-refractivity contribution in [2.75, 3.05) is 18.8 Å². The highest BCUT2D eigenvalue weighted by Crippen LogP contribution is 2.22. The van der Waals surface area contributed by atoms with Crippen LogP contribution in [-0.4, -0.2) is 46.6 Å². The van der Waals surface area contributed by atoms with Gasteiger partial charge in [-0.25, -0.2) is 4.79 Å². The van der Waals surface area contributed by atoms with Gasteiger partial charge in [-0.05, 0) is 25.8 Å². The van der Waals surface area contributed by atoms with Gasteiger partial charge < -0.3 is 14.7 Å². The SMILES string of the molecule is CC(C)(CSCc1ccccc1)OC(=O)N1CCC(O)C1. The number of likely N-dealkylation sites (tertiary alicyclic amines) is 1. The average molecular weight is 309 g/mol. The molecule has 1 atom stereocenters. The van der Waals surface area contributed by atoms with Gasteiger partial charge in [0.1, 0.15) is 5.60 Å². The number of hydrogen-bond acceptors (Lipinski definition) is 4. The third-order valence-corrected chi connectivity index (χ3v) is 4.78. The van der Waals surface area contributed by atoms with Crippen molar-refractivity contribution in [3.63, 3.8) is 0 Å². The first-order chi connectivity index (χ1) is 9.96. The lowest BCUT2D eigenvalue weighted by atomic mass is 10.2. The summed E-state index contributed by atoms with van der Waals surface area (Å²) in [7, 11) is 0. The minimum Gasteiger partial charge on any atom is -0.443 e. The highest BCUT2D eigenvalue weighted by molar-refractivity contribution is 7.98. The van der Waals surface area contributed by atoms with Crippen LogP contribution >= 0.6 is 11.8 Å². The largest absolute Gasteiger partial charge is 0.443 e. The normalized spacial score (nSPS) is 18.8. The first-order valence-electron chi connectivity index (χ1n) is 7.24. The molecular formula is C16H23NO3S. The summed E-state index contributed by atoms with van der Waals surface area (Å²) in [4.78, 5) is 13.6. The fourth-order valence-corrected chi connectivity index (χ4v) is 3.31. The topological polar surface area (TPSA) is 49.8 Å². The van der Waals surface area contributed by atoms with Crippen molar-refractivity contribution >= 4 is 17.9 Å². The second-order valence-electron chi connectivity index (χ2n) is 5.99. The van der Waals surface area contributed by atoms with Gasteiger partial charge in [-0.2, -0.15) is 11.8 Å². The summed E-state index contributed by atoms with van der Waals surface area (Å²) < 4.78 is 5.56. The molecule has 0 aliphatic carbocycles. The number of ether oxygens (including phenoxy) is 1. The van der Waals surface area contributed by atoms with Gasteiger partial charge in [0.25, 0.3) is 0 Å². The van der Waals surface area contributed by atoms with Crippen LogP contribution in [0.4, 0.5) is 4.79 Å². The van der Waals surface area contributed by atoms with E-state index in [9.17, 15) is 9.90 Å². The van der Waals surface area contributed by atoms with Gasteiger partial charge >= 0.3 is 6.09 Å². The van der Waals surface area contributed by atoms with Gasteiger partial charge in [0.15, 0.2) is 0 Å². The molecule has 0 aromatic heterocycles. The van der Waals surface area contributed by atoms with Crippen LogP contribution in [0.1, 0.15) is 25.8 Å². The quantitative estimate of drug-likeness (QED) is 0.908. The number of benzene rings is 1. The van der Waals surface area contributed by atoms with E-state index >= 15 is 0 Å². The first kappa shape index (κ1) is 16.2.